The maximum atomic E-state index is 10.6. The minimum Gasteiger partial charge on any atom is -0.393 e. The van der Waals surface area contributed by atoms with E-state index >= 15 is 0 Å². The smallest absolute Gasteiger partial charge is 0.270 e. The molecule has 0 unspecified atom stereocenters. The first kappa shape index (κ1) is 13.5. The number of aliphatic hydroxyl groups excluding tert-OH is 1. The number of likely N-dealkylation sites (tertiary alicyclic amines) is 1. The highest BCUT2D eigenvalue weighted by molar-refractivity contribution is 9.10. The molecule has 1 N–H and O–H groups in total. The van der Waals surface area contributed by atoms with Gasteiger partial charge in [0.25, 0.3) is 5.69 Å². The summed E-state index contributed by atoms with van der Waals surface area (Å²) in [4.78, 5) is 12.5. The molecule has 98 valence electrons. The lowest BCUT2D eigenvalue weighted by atomic mass is 10.1. The van der Waals surface area contributed by atoms with Crippen LogP contribution in [0.5, 0.6) is 0 Å². The average molecular weight is 315 g/mol. The Morgan fingerprint density at radius 3 is 2.67 bits per heavy atom. The molecule has 1 aromatic carbocycles. The van der Waals surface area contributed by atoms with Crippen LogP contribution in [0.1, 0.15) is 18.4 Å². The number of non-ortho nitro benzene ring substituents is 1. The van der Waals surface area contributed by atoms with E-state index in [0.29, 0.717) is 0 Å². The molecule has 2 rings (SSSR count). The molecule has 1 fully saturated rings. The van der Waals surface area contributed by atoms with Gasteiger partial charge in [-0.2, -0.15) is 0 Å². The van der Waals surface area contributed by atoms with Gasteiger partial charge < -0.3 is 5.11 Å². The summed E-state index contributed by atoms with van der Waals surface area (Å²) in [6.07, 6.45) is 1.41. The van der Waals surface area contributed by atoms with E-state index in [9.17, 15) is 15.2 Å². The Labute approximate surface area is 114 Å². The summed E-state index contributed by atoms with van der Waals surface area (Å²) in [6, 6.07) is 4.85. The summed E-state index contributed by atoms with van der Waals surface area (Å²) in [5.74, 6) is 0. The Morgan fingerprint density at radius 1 is 1.44 bits per heavy atom. The van der Waals surface area contributed by atoms with Crippen LogP contribution >= 0.6 is 15.9 Å². The Bertz CT molecular complexity index is 445. The highest BCUT2D eigenvalue weighted by Crippen LogP contribution is 2.25. The third kappa shape index (κ3) is 3.28. The minimum atomic E-state index is -0.397. The lowest BCUT2D eigenvalue weighted by Gasteiger charge is -2.29. The van der Waals surface area contributed by atoms with Crippen molar-refractivity contribution in [1.29, 1.82) is 0 Å². The summed E-state index contributed by atoms with van der Waals surface area (Å²) in [6.45, 7) is 2.49. The van der Waals surface area contributed by atoms with E-state index < -0.39 is 4.92 Å². The molecule has 1 saturated heterocycles. The molecule has 0 saturated carbocycles. The Kier molecular flexibility index (Phi) is 4.31. The monoisotopic (exact) mass is 314 g/mol. The van der Waals surface area contributed by atoms with E-state index in [1.54, 1.807) is 6.07 Å². The lowest BCUT2D eigenvalue weighted by Crippen LogP contribution is -2.35. The summed E-state index contributed by atoms with van der Waals surface area (Å²) in [7, 11) is 0. The standard InChI is InChI=1S/C12H15BrN2O3/c13-12-7-10(15(17)18)2-1-9(12)8-14-5-3-11(16)4-6-14/h1-2,7,11,16H,3-6,8H2. The molecule has 0 spiro atoms. The number of hydrogen-bond donors (Lipinski definition) is 1. The summed E-state index contributed by atoms with van der Waals surface area (Å²) in [5, 5.41) is 20.1. The fraction of sp³-hybridized carbons (Fsp3) is 0.500. The van der Waals surface area contributed by atoms with Crippen LogP contribution in [0.2, 0.25) is 0 Å². The molecule has 0 radical (unpaired) electrons. The fourth-order valence-electron chi connectivity index (χ4n) is 2.10. The van der Waals surface area contributed by atoms with Crippen LogP contribution in [0, 0.1) is 10.1 Å². The van der Waals surface area contributed by atoms with Gasteiger partial charge in [-0.25, -0.2) is 0 Å². The van der Waals surface area contributed by atoms with Crippen LogP contribution in [0.25, 0.3) is 0 Å². The zero-order valence-electron chi connectivity index (χ0n) is 9.88. The molecule has 0 aromatic heterocycles. The van der Waals surface area contributed by atoms with E-state index in [-0.39, 0.29) is 11.8 Å². The molecule has 1 aromatic rings. The topological polar surface area (TPSA) is 66.6 Å². The SMILES string of the molecule is O=[N+]([O-])c1ccc(CN2CCC(O)CC2)c(Br)c1. The molecular formula is C12H15BrN2O3. The number of nitro groups is 1. The minimum absolute atomic E-state index is 0.0969. The lowest BCUT2D eigenvalue weighted by molar-refractivity contribution is -0.384. The first-order valence-corrected chi connectivity index (χ1v) is 6.69. The first-order valence-electron chi connectivity index (χ1n) is 5.89. The number of benzene rings is 1. The van der Waals surface area contributed by atoms with Gasteiger partial charge in [-0.3, -0.25) is 15.0 Å². The van der Waals surface area contributed by atoms with Gasteiger partial charge in [-0.15, -0.1) is 0 Å². The molecular weight excluding hydrogens is 300 g/mol. The molecule has 0 aliphatic carbocycles. The van der Waals surface area contributed by atoms with E-state index in [2.05, 4.69) is 20.8 Å². The number of nitro benzene ring substituents is 1. The summed E-state index contributed by atoms with van der Waals surface area (Å²) in [5.41, 5.74) is 1.14. The predicted molar refractivity (Wildman–Crippen MR) is 71.3 cm³/mol. The van der Waals surface area contributed by atoms with E-state index in [4.69, 9.17) is 0 Å². The molecule has 18 heavy (non-hydrogen) atoms. The Balaban J connectivity index is 2.03. The zero-order valence-corrected chi connectivity index (χ0v) is 11.5. The number of piperidine rings is 1. The highest BCUT2D eigenvalue weighted by atomic mass is 79.9. The second kappa shape index (κ2) is 5.77. The molecule has 1 heterocycles. The van der Waals surface area contributed by atoms with Gasteiger partial charge in [0.05, 0.1) is 11.0 Å². The molecule has 0 atom stereocenters. The van der Waals surface area contributed by atoms with Crippen LogP contribution in [0.15, 0.2) is 22.7 Å². The van der Waals surface area contributed by atoms with Crippen LogP contribution in [-0.4, -0.2) is 34.1 Å². The maximum Gasteiger partial charge on any atom is 0.270 e. The van der Waals surface area contributed by atoms with E-state index in [1.807, 2.05) is 0 Å². The van der Waals surface area contributed by atoms with Gasteiger partial charge in [-0.1, -0.05) is 15.9 Å². The number of nitrogens with zero attached hydrogens (tertiary/aromatic N) is 2. The highest BCUT2D eigenvalue weighted by Gasteiger charge is 2.18. The second-order valence-corrected chi connectivity index (χ2v) is 5.39. The number of aliphatic hydroxyl groups is 1. The van der Waals surface area contributed by atoms with Crippen LogP contribution < -0.4 is 0 Å². The fourth-order valence-corrected chi connectivity index (χ4v) is 2.59. The molecule has 1 aliphatic heterocycles. The van der Waals surface area contributed by atoms with Crippen molar-refractivity contribution in [3.63, 3.8) is 0 Å². The molecule has 0 amide bonds. The third-order valence-corrected chi connectivity index (χ3v) is 3.94. The summed E-state index contributed by atoms with van der Waals surface area (Å²) < 4.78 is 0.767. The molecule has 0 bridgehead atoms. The van der Waals surface area contributed by atoms with Crippen molar-refractivity contribution >= 4 is 21.6 Å². The van der Waals surface area contributed by atoms with Crippen molar-refractivity contribution in [1.82, 2.24) is 4.90 Å². The van der Waals surface area contributed by atoms with Gasteiger partial charge in [0, 0.05) is 36.2 Å². The van der Waals surface area contributed by atoms with Gasteiger partial charge >= 0.3 is 0 Å². The Hall–Kier alpha value is -0.980. The van der Waals surface area contributed by atoms with E-state index in [1.165, 1.54) is 12.1 Å². The van der Waals surface area contributed by atoms with Crippen molar-refractivity contribution < 1.29 is 10.0 Å². The van der Waals surface area contributed by atoms with Crippen LogP contribution in [-0.2, 0) is 6.54 Å². The number of hydrogen-bond acceptors (Lipinski definition) is 4. The van der Waals surface area contributed by atoms with E-state index in [0.717, 1.165) is 42.5 Å². The van der Waals surface area contributed by atoms with Gasteiger partial charge in [-0.05, 0) is 24.5 Å². The first-order chi connectivity index (χ1) is 8.56. The molecule has 5 nitrogen and oxygen atoms in total. The summed E-state index contributed by atoms with van der Waals surface area (Å²) >= 11 is 3.37. The quantitative estimate of drug-likeness (QED) is 0.686. The maximum absolute atomic E-state index is 10.6. The normalized spacial score (nSPS) is 17.9. The largest absolute Gasteiger partial charge is 0.393 e. The third-order valence-electron chi connectivity index (χ3n) is 3.20. The van der Waals surface area contributed by atoms with Gasteiger partial charge in [0.1, 0.15) is 0 Å². The van der Waals surface area contributed by atoms with Gasteiger partial charge in [0.2, 0.25) is 0 Å². The van der Waals surface area contributed by atoms with Crippen molar-refractivity contribution in [2.24, 2.45) is 0 Å². The van der Waals surface area contributed by atoms with Crippen LogP contribution in [0.3, 0.4) is 0 Å². The molecule has 6 heteroatoms. The number of rotatable bonds is 3. The van der Waals surface area contributed by atoms with Crippen molar-refractivity contribution in [3.8, 4) is 0 Å². The van der Waals surface area contributed by atoms with Crippen molar-refractivity contribution in [2.75, 3.05) is 13.1 Å². The predicted octanol–water partition coefficient (Wildman–Crippen LogP) is 2.31. The van der Waals surface area contributed by atoms with Gasteiger partial charge in [0.15, 0.2) is 0 Å². The molecule has 1 aliphatic rings. The average Bonchev–Trinajstić information content (AvgIpc) is 2.34. The van der Waals surface area contributed by atoms with Crippen LogP contribution in [0.4, 0.5) is 5.69 Å². The Morgan fingerprint density at radius 2 is 2.11 bits per heavy atom. The van der Waals surface area contributed by atoms with Crippen molar-refractivity contribution in [3.05, 3.63) is 38.3 Å². The second-order valence-electron chi connectivity index (χ2n) is 4.54. The number of halogens is 1. The van der Waals surface area contributed by atoms with Crippen molar-refractivity contribution in [2.45, 2.75) is 25.5 Å². The zero-order chi connectivity index (χ0) is 13.1.